The van der Waals surface area contributed by atoms with Crippen LogP contribution >= 0.6 is 22.7 Å². The molecule has 2 heterocycles. The molecule has 0 bridgehead atoms. The van der Waals surface area contributed by atoms with Gasteiger partial charge in [-0.15, -0.1) is 21.5 Å². The highest BCUT2D eigenvalue weighted by Gasteiger charge is 2.17. The van der Waals surface area contributed by atoms with E-state index in [2.05, 4.69) is 29.4 Å². The molecule has 0 atom stereocenters. The lowest BCUT2D eigenvalue weighted by Gasteiger charge is -1.99. The largest absolute Gasteiger partial charge is 0.296 e. The number of benzene rings is 1. The van der Waals surface area contributed by atoms with Gasteiger partial charge >= 0.3 is 0 Å². The maximum absolute atomic E-state index is 12.4. The predicted octanol–water partition coefficient (Wildman–Crippen LogP) is 4.44. The van der Waals surface area contributed by atoms with Crippen molar-refractivity contribution in [1.82, 2.24) is 10.2 Å². The number of hydrogen-bond donors (Lipinski definition) is 1. The van der Waals surface area contributed by atoms with Gasteiger partial charge in [0.05, 0.1) is 4.88 Å². The van der Waals surface area contributed by atoms with Crippen molar-refractivity contribution in [3.8, 4) is 0 Å². The fourth-order valence-corrected chi connectivity index (χ4v) is 3.91. The van der Waals surface area contributed by atoms with Gasteiger partial charge in [0.25, 0.3) is 5.91 Å². The fourth-order valence-electron chi connectivity index (χ4n) is 2.06. The summed E-state index contributed by atoms with van der Waals surface area (Å²) < 4.78 is 1.13. The predicted molar refractivity (Wildman–Crippen MR) is 88.5 cm³/mol. The third kappa shape index (κ3) is 2.69. The number of anilines is 1. The molecule has 0 radical (unpaired) electrons. The highest BCUT2D eigenvalue weighted by Crippen LogP contribution is 2.31. The van der Waals surface area contributed by atoms with Crippen molar-refractivity contribution in [2.75, 3.05) is 5.32 Å². The molecule has 6 heteroatoms. The zero-order valence-electron chi connectivity index (χ0n) is 12.0. The van der Waals surface area contributed by atoms with Gasteiger partial charge in [0.15, 0.2) is 0 Å². The van der Waals surface area contributed by atoms with E-state index in [1.807, 2.05) is 31.2 Å². The second-order valence-electron chi connectivity index (χ2n) is 5.11. The molecule has 0 aliphatic carbocycles. The average molecular weight is 317 g/mol. The second-order valence-corrected chi connectivity index (χ2v) is 7.17. The van der Waals surface area contributed by atoms with Crippen LogP contribution in [0.5, 0.6) is 0 Å². The van der Waals surface area contributed by atoms with Crippen molar-refractivity contribution < 1.29 is 4.79 Å². The van der Waals surface area contributed by atoms with Crippen LogP contribution in [0.25, 0.3) is 10.1 Å². The molecule has 2 aromatic heterocycles. The smallest absolute Gasteiger partial charge is 0.267 e. The normalized spacial score (nSPS) is 11.2. The molecule has 0 saturated carbocycles. The molecule has 108 valence electrons. The third-order valence-corrected chi connectivity index (χ3v) is 5.62. The molecule has 0 spiro atoms. The number of hydrogen-bond acceptors (Lipinski definition) is 5. The molecule has 3 aromatic rings. The number of carbonyl (C=O) groups excluding carboxylic acids is 1. The summed E-state index contributed by atoms with van der Waals surface area (Å²) in [5.41, 5.74) is 1.02. The van der Waals surface area contributed by atoms with Gasteiger partial charge in [-0.05, 0) is 23.9 Å². The first-order valence-electron chi connectivity index (χ1n) is 6.69. The molecule has 1 aromatic carbocycles. The second kappa shape index (κ2) is 5.54. The van der Waals surface area contributed by atoms with Crippen molar-refractivity contribution in [1.29, 1.82) is 0 Å². The summed E-state index contributed by atoms with van der Waals surface area (Å²) >= 11 is 2.94. The lowest BCUT2D eigenvalue weighted by atomic mass is 10.1. The van der Waals surface area contributed by atoms with Crippen molar-refractivity contribution in [3.05, 3.63) is 39.7 Å². The van der Waals surface area contributed by atoms with Gasteiger partial charge in [-0.2, -0.15) is 0 Å². The number of aryl methyl sites for hydroxylation is 1. The van der Waals surface area contributed by atoms with Crippen LogP contribution in [0.2, 0.25) is 0 Å². The Morgan fingerprint density at radius 3 is 2.62 bits per heavy atom. The Kier molecular flexibility index (Phi) is 3.73. The number of aromatic nitrogens is 2. The lowest BCUT2D eigenvalue weighted by Crippen LogP contribution is -2.11. The van der Waals surface area contributed by atoms with Gasteiger partial charge in [-0.3, -0.25) is 10.1 Å². The number of rotatable bonds is 3. The number of carbonyl (C=O) groups is 1. The van der Waals surface area contributed by atoms with Crippen LogP contribution in [0, 0.1) is 6.92 Å². The van der Waals surface area contributed by atoms with Gasteiger partial charge in [-0.25, -0.2) is 0 Å². The molecule has 0 unspecified atom stereocenters. The Morgan fingerprint density at radius 1 is 1.19 bits per heavy atom. The summed E-state index contributed by atoms with van der Waals surface area (Å²) in [6.07, 6.45) is 0. The molecule has 3 rings (SSSR count). The highest BCUT2D eigenvalue weighted by atomic mass is 32.1. The van der Waals surface area contributed by atoms with Crippen LogP contribution < -0.4 is 5.32 Å². The van der Waals surface area contributed by atoms with E-state index in [1.54, 1.807) is 0 Å². The molecule has 0 fully saturated rings. The maximum atomic E-state index is 12.4. The zero-order chi connectivity index (χ0) is 15.0. The summed E-state index contributed by atoms with van der Waals surface area (Å²) in [4.78, 5) is 13.2. The van der Waals surface area contributed by atoms with E-state index in [9.17, 15) is 4.79 Å². The molecule has 0 aliphatic heterocycles. The molecule has 1 amide bonds. The van der Waals surface area contributed by atoms with Gasteiger partial charge in [0.2, 0.25) is 5.13 Å². The first kappa shape index (κ1) is 14.2. The molecule has 21 heavy (non-hydrogen) atoms. The third-order valence-electron chi connectivity index (χ3n) is 3.20. The van der Waals surface area contributed by atoms with Gasteiger partial charge in [-0.1, -0.05) is 43.4 Å². The topological polar surface area (TPSA) is 54.9 Å². The maximum Gasteiger partial charge on any atom is 0.267 e. The van der Waals surface area contributed by atoms with Gasteiger partial charge in [0, 0.05) is 10.6 Å². The summed E-state index contributed by atoms with van der Waals surface area (Å²) in [7, 11) is 0. The molecule has 1 N–H and O–H groups in total. The van der Waals surface area contributed by atoms with Crippen LogP contribution in [-0.4, -0.2) is 16.1 Å². The van der Waals surface area contributed by atoms with Crippen molar-refractivity contribution in [2.24, 2.45) is 0 Å². The Balaban J connectivity index is 1.88. The number of nitrogens with zero attached hydrogens (tertiary/aromatic N) is 2. The van der Waals surface area contributed by atoms with E-state index in [-0.39, 0.29) is 5.91 Å². The number of thiophene rings is 1. The SMILES string of the molecule is Cc1c(C(=O)Nc2nnc(C(C)C)s2)sc2ccccc12. The van der Waals surface area contributed by atoms with Gasteiger partial charge in [0.1, 0.15) is 5.01 Å². The van der Waals surface area contributed by atoms with Crippen LogP contribution in [-0.2, 0) is 0 Å². The standard InChI is InChI=1S/C15H15N3OS2/c1-8(2)14-17-18-15(21-14)16-13(19)12-9(3)10-6-4-5-7-11(10)20-12/h4-8H,1-3H3,(H,16,18,19). The molecule has 0 aliphatic rings. The minimum absolute atomic E-state index is 0.111. The van der Waals surface area contributed by atoms with E-state index in [0.29, 0.717) is 11.0 Å². The van der Waals surface area contributed by atoms with Crippen LogP contribution in [0.15, 0.2) is 24.3 Å². The molecule has 0 saturated heterocycles. The summed E-state index contributed by atoms with van der Waals surface area (Å²) in [6, 6.07) is 8.05. The van der Waals surface area contributed by atoms with E-state index in [0.717, 1.165) is 25.5 Å². The zero-order valence-corrected chi connectivity index (χ0v) is 13.6. The summed E-state index contributed by atoms with van der Waals surface area (Å²) in [5.74, 6) is 0.208. The monoisotopic (exact) mass is 317 g/mol. The van der Waals surface area contributed by atoms with E-state index >= 15 is 0 Å². The summed E-state index contributed by atoms with van der Waals surface area (Å²) in [5, 5.41) is 13.6. The van der Waals surface area contributed by atoms with Crippen molar-refractivity contribution in [3.63, 3.8) is 0 Å². The van der Waals surface area contributed by atoms with Crippen molar-refractivity contribution >= 4 is 43.8 Å². The lowest BCUT2D eigenvalue weighted by molar-refractivity contribution is 0.103. The number of nitrogens with one attached hydrogen (secondary N) is 1. The minimum atomic E-state index is -0.111. The molecule has 4 nitrogen and oxygen atoms in total. The van der Waals surface area contributed by atoms with Crippen molar-refractivity contribution in [2.45, 2.75) is 26.7 Å². The number of amides is 1. The number of fused-ring (bicyclic) bond motifs is 1. The Labute approximate surface area is 130 Å². The Hall–Kier alpha value is -1.79. The van der Waals surface area contributed by atoms with E-state index in [1.165, 1.54) is 22.7 Å². The first-order chi connectivity index (χ1) is 10.1. The van der Waals surface area contributed by atoms with Crippen LogP contribution in [0.3, 0.4) is 0 Å². The Bertz CT molecular complexity index is 804. The van der Waals surface area contributed by atoms with E-state index in [4.69, 9.17) is 0 Å². The molecular weight excluding hydrogens is 302 g/mol. The van der Waals surface area contributed by atoms with Crippen LogP contribution in [0.4, 0.5) is 5.13 Å². The molecular formula is C15H15N3OS2. The fraction of sp³-hybridized carbons (Fsp3) is 0.267. The highest BCUT2D eigenvalue weighted by molar-refractivity contribution is 7.21. The Morgan fingerprint density at radius 2 is 1.95 bits per heavy atom. The summed E-state index contributed by atoms with van der Waals surface area (Å²) in [6.45, 7) is 6.10. The first-order valence-corrected chi connectivity index (χ1v) is 8.32. The van der Waals surface area contributed by atoms with E-state index < -0.39 is 0 Å². The average Bonchev–Trinajstić information content (AvgIpc) is 3.05. The minimum Gasteiger partial charge on any atom is -0.296 e. The van der Waals surface area contributed by atoms with Gasteiger partial charge < -0.3 is 0 Å². The van der Waals surface area contributed by atoms with Crippen LogP contribution in [0.1, 0.15) is 40.0 Å². The quantitative estimate of drug-likeness (QED) is 0.777.